The number of anilines is 1. The third-order valence-corrected chi connectivity index (χ3v) is 5.04. The average Bonchev–Trinajstić information content (AvgIpc) is 2.55. The van der Waals surface area contributed by atoms with E-state index in [4.69, 9.17) is 0 Å². The second-order valence-electron chi connectivity index (χ2n) is 6.80. The number of rotatable bonds is 3. The first-order valence-corrected chi connectivity index (χ1v) is 8.71. The monoisotopic (exact) mass is 306 g/mol. The van der Waals surface area contributed by atoms with Gasteiger partial charge in [0.25, 0.3) is 0 Å². The van der Waals surface area contributed by atoms with E-state index in [1.165, 1.54) is 27.9 Å². The van der Waals surface area contributed by atoms with Gasteiger partial charge in [0.1, 0.15) is 0 Å². The van der Waals surface area contributed by atoms with Crippen LogP contribution in [-0.4, -0.2) is 31.9 Å². The smallest absolute Gasteiger partial charge is 0.201 e. The molecule has 1 aliphatic rings. The van der Waals surface area contributed by atoms with Crippen molar-refractivity contribution in [1.29, 1.82) is 0 Å². The van der Waals surface area contributed by atoms with Gasteiger partial charge in [-0.05, 0) is 38.0 Å². The minimum Gasteiger partial charge on any atom is -0.362 e. The summed E-state index contributed by atoms with van der Waals surface area (Å²) in [5.41, 5.74) is 6.86. The largest absolute Gasteiger partial charge is 0.362 e. The molecule has 1 fully saturated rings. The lowest BCUT2D eigenvalue weighted by atomic mass is 9.90. The van der Waals surface area contributed by atoms with Crippen molar-refractivity contribution in [1.82, 2.24) is 4.81 Å². The molecule has 1 atom stereocenters. The quantitative estimate of drug-likeness (QED) is 0.794. The van der Waals surface area contributed by atoms with Gasteiger partial charge in [-0.2, -0.15) is 0 Å². The van der Waals surface area contributed by atoms with Gasteiger partial charge in [-0.3, -0.25) is 0 Å². The van der Waals surface area contributed by atoms with Crippen molar-refractivity contribution in [3.63, 3.8) is 0 Å². The number of hydrogen-bond donors (Lipinski definition) is 0. The molecule has 0 amide bonds. The Hall–Kier alpha value is -1.74. The molecule has 0 bridgehead atoms. The molecule has 1 saturated heterocycles. The Bertz CT molecular complexity index is 666. The van der Waals surface area contributed by atoms with Crippen LogP contribution in [0.2, 0.25) is 6.82 Å². The summed E-state index contributed by atoms with van der Waals surface area (Å²) in [5.74, 6) is 0. The Kier molecular flexibility index (Phi) is 4.77. The average molecular weight is 306 g/mol. The van der Waals surface area contributed by atoms with E-state index in [0.717, 1.165) is 27.0 Å². The van der Waals surface area contributed by atoms with Gasteiger partial charge in [-0.15, -0.1) is 0 Å². The first kappa shape index (κ1) is 16.1. The molecule has 23 heavy (non-hydrogen) atoms. The molecule has 1 heterocycles. The zero-order valence-electron chi connectivity index (χ0n) is 14.8. The standard InChI is InChI=1S/C20H27BN2/c1-15-5-8-18(9-6-15)20-14-22(21-4)11-12-23(20)19-10-7-16(2)13-17(19)3/h5-10,13,20-21H,11-12,14H2,1-4H3. The summed E-state index contributed by atoms with van der Waals surface area (Å²) >= 11 is 0. The molecular formula is C20H27BN2. The van der Waals surface area contributed by atoms with Crippen molar-refractivity contribution in [2.75, 3.05) is 24.5 Å². The first-order chi connectivity index (χ1) is 11.1. The number of piperazine rings is 1. The maximum Gasteiger partial charge on any atom is 0.201 e. The molecule has 1 aliphatic heterocycles. The lowest BCUT2D eigenvalue weighted by Crippen LogP contribution is -2.49. The van der Waals surface area contributed by atoms with Crippen molar-refractivity contribution in [3.8, 4) is 0 Å². The first-order valence-electron chi connectivity index (χ1n) is 8.71. The van der Waals surface area contributed by atoms with Gasteiger partial charge < -0.3 is 9.71 Å². The Morgan fingerprint density at radius 3 is 2.26 bits per heavy atom. The lowest BCUT2D eigenvalue weighted by molar-refractivity contribution is 0.348. The Morgan fingerprint density at radius 1 is 0.913 bits per heavy atom. The van der Waals surface area contributed by atoms with E-state index in [1.54, 1.807) is 0 Å². The molecule has 0 spiro atoms. The molecule has 2 nitrogen and oxygen atoms in total. The van der Waals surface area contributed by atoms with E-state index in [1.807, 2.05) is 0 Å². The molecule has 0 N–H and O–H groups in total. The number of nitrogens with zero attached hydrogens (tertiary/aromatic N) is 2. The molecule has 120 valence electrons. The van der Waals surface area contributed by atoms with E-state index >= 15 is 0 Å². The molecule has 1 unspecified atom stereocenters. The Morgan fingerprint density at radius 2 is 1.61 bits per heavy atom. The fourth-order valence-electron chi connectivity index (χ4n) is 3.62. The van der Waals surface area contributed by atoms with Crippen LogP contribution in [0.25, 0.3) is 0 Å². The Balaban J connectivity index is 1.97. The van der Waals surface area contributed by atoms with E-state index in [2.05, 4.69) is 79.8 Å². The highest BCUT2D eigenvalue weighted by molar-refractivity contribution is 6.29. The van der Waals surface area contributed by atoms with Gasteiger partial charge in [0.15, 0.2) is 0 Å². The molecule has 0 aliphatic carbocycles. The van der Waals surface area contributed by atoms with E-state index in [-0.39, 0.29) is 0 Å². The summed E-state index contributed by atoms with van der Waals surface area (Å²) in [7, 11) is 1.13. The van der Waals surface area contributed by atoms with Crippen molar-refractivity contribution in [3.05, 3.63) is 64.7 Å². The highest BCUT2D eigenvalue weighted by atomic mass is 15.3. The summed E-state index contributed by atoms with van der Waals surface area (Å²) in [5, 5.41) is 0. The molecule has 0 saturated carbocycles. The van der Waals surface area contributed by atoms with Gasteiger partial charge in [-0.1, -0.05) is 54.3 Å². The summed E-state index contributed by atoms with van der Waals surface area (Å²) in [6.45, 7) is 12.2. The zero-order valence-corrected chi connectivity index (χ0v) is 14.8. The molecule has 2 aromatic rings. The maximum atomic E-state index is 2.60. The van der Waals surface area contributed by atoms with Gasteiger partial charge in [0.05, 0.1) is 6.04 Å². The number of aryl methyl sites for hydroxylation is 3. The molecular weight excluding hydrogens is 279 g/mol. The maximum absolute atomic E-state index is 2.60. The minimum atomic E-state index is 0.436. The number of hydrogen-bond acceptors (Lipinski definition) is 2. The second-order valence-corrected chi connectivity index (χ2v) is 6.80. The normalized spacial score (nSPS) is 19.0. The van der Waals surface area contributed by atoms with E-state index < -0.39 is 0 Å². The van der Waals surface area contributed by atoms with Crippen LogP contribution in [0.3, 0.4) is 0 Å². The van der Waals surface area contributed by atoms with E-state index in [0.29, 0.717) is 6.04 Å². The minimum absolute atomic E-state index is 0.436. The number of benzene rings is 2. The fraction of sp³-hybridized carbons (Fsp3) is 0.400. The summed E-state index contributed by atoms with van der Waals surface area (Å²) in [6, 6.07) is 16.3. The predicted octanol–water partition coefficient (Wildman–Crippen LogP) is 3.87. The van der Waals surface area contributed by atoms with Crippen molar-refractivity contribution >= 4 is 13.1 Å². The van der Waals surface area contributed by atoms with E-state index in [9.17, 15) is 0 Å². The molecule has 3 heteroatoms. The second kappa shape index (κ2) is 6.80. The van der Waals surface area contributed by atoms with Gasteiger partial charge in [0.2, 0.25) is 7.41 Å². The van der Waals surface area contributed by atoms with Crippen LogP contribution in [0.4, 0.5) is 5.69 Å². The summed E-state index contributed by atoms with van der Waals surface area (Å²) < 4.78 is 0. The molecule has 0 aromatic heterocycles. The topological polar surface area (TPSA) is 6.48 Å². The van der Waals surface area contributed by atoms with Crippen LogP contribution in [0.15, 0.2) is 42.5 Å². The fourth-order valence-corrected chi connectivity index (χ4v) is 3.62. The van der Waals surface area contributed by atoms with Crippen LogP contribution in [0, 0.1) is 20.8 Å². The zero-order chi connectivity index (χ0) is 16.4. The molecule has 3 rings (SSSR count). The van der Waals surface area contributed by atoms with Gasteiger partial charge in [0, 0.05) is 25.3 Å². The van der Waals surface area contributed by atoms with Crippen LogP contribution in [0.1, 0.15) is 28.3 Å². The summed E-state index contributed by atoms with van der Waals surface area (Å²) in [6.07, 6.45) is 0. The lowest BCUT2D eigenvalue weighted by Gasteiger charge is -2.43. The molecule has 0 radical (unpaired) electrons. The molecule has 2 aromatic carbocycles. The van der Waals surface area contributed by atoms with Crippen LogP contribution >= 0.6 is 0 Å². The predicted molar refractivity (Wildman–Crippen MR) is 102 cm³/mol. The third-order valence-electron chi connectivity index (χ3n) is 5.04. The van der Waals surface area contributed by atoms with Crippen LogP contribution in [-0.2, 0) is 0 Å². The Labute approximate surface area is 141 Å². The van der Waals surface area contributed by atoms with Crippen molar-refractivity contribution in [2.45, 2.75) is 33.6 Å². The highest BCUT2D eigenvalue weighted by Gasteiger charge is 2.28. The van der Waals surface area contributed by atoms with Crippen molar-refractivity contribution in [2.24, 2.45) is 0 Å². The highest BCUT2D eigenvalue weighted by Crippen LogP contribution is 2.33. The van der Waals surface area contributed by atoms with Gasteiger partial charge >= 0.3 is 0 Å². The van der Waals surface area contributed by atoms with Gasteiger partial charge in [-0.25, -0.2) is 0 Å². The van der Waals surface area contributed by atoms with Crippen molar-refractivity contribution < 1.29 is 0 Å². The third kappa shape index (κ3) is 3.45. The van der Waals surface area contributed by atoms with Crippen LogP contribution in [0.5, 0.6) is 0 Å². The SMILES string of the molecule is CBN1CCN(c2ccc(C)cc2C)C(c2ccc(C)cc2)C1. The summed E-state index contributed by atoms with van der Waals surface area (Å²) in [4.78, 5) is 5.16. The van der Waals surface area contributed by atoms with Crippen LogP contribution < -0.4 is 4.90 Å².